The van der Waals surface area contributed by atoms with Crippen LogP contribution in [0.3, 0.4) is 0 Å². The lowest BCUT2D eigenvalue weighted by atomic mass is 10.4. The first-order valence-electron chi connectivity index (χ1n) is 4.49. The Balaban J connectivity index is 1.81. The number of amides is 1. The number of rotatable bonds is 4. The van der Waals surface area contributed by atoms with Gasteiger partial charge in [-0.15, -0.1) is 10.2 Å². The summed E-state index contributed by atoms with van der Waals surface area (Å²) in [5, 5.41) is 10.5. The number of hydrogen-bond donors (Lipinski definition) is 1. The van der Waals surface area contributed by atoms with E-state index in [-0.39, 0.29) is 11.2 Å². The molecule has 0 spiro atoms. The Kier molecular flexibility index (Phi) is 3.02. The third kappa shape index (κ3) is 2.68. The summed E-state index contributed by atoms with van der Waals surface area (Å²) in [5.74, 6) is 0.104. The summed E-state index contributed by atoms with van der Waals surface area (Å²) in [6, 6.07) is 0.431. The molecule has 1 amide bonds. The van der Waals surface area contributed by atoms with E-state index in [1.165, 1.54) is 23.1 Å². The van der Waals surface area contributed by atoms with Gasteiger partial charge in [-0.3, -0.25) is 4.79 Å². The van der Waals surface area contributed by atoms with Crippen LogP contribution >= 0.6 is 23.1 Å². The maximum absolute atomic E-state index is 11.5. The third-order valence-corrected chi connectivity index (χ3v) is 3.82. The molecule has 1 fully saturated rings. The summed E-state index contributed by atoms with van der Waals surface area (Å²) in [7, 11) is 0. The van der Waals surface area contributed by atoms with Crippen LogP contribution in [0.4, 0.5) is 0 Å². The van der Waals surface area contributed by atoms with Gasteiger partial charge in [-0.05, 0) is 19.8 Å². The van der Waals surface area contributed by atoms with Gasteiger partial charge in [-0.1, -0.05) is 23.1 Å². The summed E-state index contributed by atoms with van der Waals surface area (Å²) in [6.07, 6.45) is 2.25. The van der Waals surface area contributed by atoms with Gasteiger partial charge < -0.3 is 5.32 Å². The molecular weight excluding hydrogens is 218 g/mol. The van der Waals surface area contributed by atoms with Gasteiger partial charge in [0.2, 0.25) is 5.91 Å². The molecule has 0 unspecified atom stereocenters. The number of nitrogens with zero attached hydrogens (tertiary/aromatic N) is 2. The van der Waals surface area contributed by atoms with Crippen molar-refractivity contribution in [2.75, 3.05) is 0 Å². The minimum atomic E-state index is -0.0800. The van der Waals surface area contributed by atoms with Crippen LogP contribution in [-0.2, 0) is 4.79 Å². The summed E-state index contributed by atoms with van der Waals surface area (Å²) < 4.78 is 0.850. The van der Waals surface area contributed by atoms with E-state index in [0.29, 0.717) is 6.04 Å². The molecule has 1 atom stereocenters. The largest absolute Gasteiger partial charge is 0.352 e. The smallest absolute Gasteiger partial charge is 0.233 e. The Morgan fingerprint density at radius 2 is 2.57 bits per heavy atom. The Bertz CT molecular complexity index is 310. The van der Waals surface area contributed by atoms with Crippen LogP contribution in [0.1, 0.15) is 19.8 Å². The van der Waals surface area contributed by atoms with E-state index < -0.39 is 0 Å². The molecule has 1 heterocycles. The van der Waals surface area contributed by atoms with E-state index in [4.69, 9.17) is 0 Å². The number of aromatic nitrogens is 2. The highest BCUT2D eigenvalue weighted by atomic mass is 32.2. The van der Waals surface area contributed by atoms with Gasteiger partial charge in [0, 0.05) is 6.04 Å². The number of hydrogen-bond acceptors (Lipinski definition) is 5. The van der Waals surface area contributed by atoms with Crippen molar-refractivity contribution in [2.24, 2.45) is 0 Å². The Hall–Kier alpha value is -0.620. The van der Waals surface area contributed by atoms with Crippen LogP contribution in [0.25, 0.3) is 0 Å². The molecule has 0 saturated heterocycles. The lowest BCUT2D eigenvalue weighted by Crippen LogP contribution is -2.32. The van der Waals surface area contributed by atoms with Gasteiger partial charge in [-0.2, -0.15) is 0 Å². The fourth-order valence-corrected chi connectivity index (χ4v) is 2.60. The van der Waals surface area contributed by atoms with Crippen LogP contribution in [0, 0.1) is 0 Å². The molecule has 1 aliphatic rings. The molecule has 1 aromatic heterocycles. The van der Waals surface area contributed by atoms with E-state index >= 15 is 0 Å². The van der Waals surface area contributed by atoms with E-state index in [1.807, 2.05) is 6.92 Å². The fraction of sp³-hybridized carbons (Fsp3) is 0.625. The maximum atomic E-state index is 11.5. The van der Waals surface area contributed by atoms with Crippen molar-refractivity contribution in [3.05, 3.63) is 5.51 Å². The molecule has 76 valence electrons. The topological polar surface area (TPSA) is 54.9 Å². The SMILES string of the molecule is C[C@@H](Sc1nncs1)C(=O)NC1CC1. The normalized spacial score (nSPS) is 17.8. The van der Waals surface area contributed by atoms with Gasteiger partial charge in [0.05, 0.1) is 5.25 Å². The van der Waals surface area contributed by atoms with Crippen molar-refractivity contribution >= 4 is 29.0 Å². The minimum Gasteiger partial charge on any atom is -0.352 e. The second-order valence-corrected chi connectivity index (χ2v) is 5.67. The summed E-state index contributed by atoms with van der Waals surface area (Å²) >= 11 is 2.92. The zero-order valence-electron chi connectivity index (χ0n) is 7.77. The number of thioether (sulfide) groups is 1. The molecule has 0 bridgehead atoms. The highest BCUT2D eigenvalue weighted by Gasteiger charge is 2.26. The number of carbonyl (C=O) groups is 1. The highest BCUT2D eigenvalue weighted by Crippen LogP contribution is 2.25. The van der Waals surface area contributed by atoms with Crippen molar-refractivity contribution in [3.63, 3.8) is 0 Å². The molecule has 0 aliphatic heterocycles. The summed E-state index contributed by atoms with van der Waals surface area (Å²) in [6.45, 7) is 1.89. The van der Waals surface area contributed by atoms with Crippen molar-refractivity contribution in [1.82, 2.24) is 15.5 Å². The lowest BCUT2D eigenvalue weighted by molar-refractivity contribution is -0.120. The Labute approximate surface area is 90.5 Å². The first-order valence-corrected chi connectivity index (χ1v) is 6.25. The van der Waals surface area contributed by atoms with E-state index in [9.17, 15) is 4.79 Å². The third-order valence-electron chi connectivity index (χ3n) is 1.91. The second kappa shape index (κ2) is 4.27. The van der Waals surface area contributed by atoms with Gasteiger partial charge >= 0.3 is 0 Å². The van der Waals surface area contributed by atoms with Gasteiger partial charge in [0.1, 0.15) is 5.51 Å². The molecule has 0 radical (unpaired) electrons. The first kappa shape index (κ1) is 9.92. The van der Waals surface area contributed by atoms with Gasteiger partial charge in [0.25, 0.3) is 0 Å². The molecular formula is C8H11N3OS2. The quantitative estimate of drug-likeness (QED) is 0.791. The van der Waals surface area contributed by atoms with Gasteiger partial charge in [0.15, 0.2) is 4.34 Å². The monoisotopic (exact) mass is 229 g/mol. The zero-order chi connectivity index (χ0) is 9.97. The predicted octanol–water partition coefficient (Wildman–Crippen LogP) is 1.30. The fourth-order valence-electron chi connectivity index (χ4n) is 0.965. The van der Waals surface area contributed by atoms with Crippen LogP contribution in [0.5, 0.6) is 0 Å². The average Bonchev–Trinajstić information content (AvgIpc) is 2.81. The first-order chi connectivity index (χ1) is 6.75. The second-order valence-electron chi connectivity index (χ2n) is 3.25. The van der Waals surface area contributed by atoms with Crippen LogP contribution in [0.2, 0.25) is 0 Å². The van der Waals surface area contributed by atoms with Crippen molar-refractivity contribution in [2.45, 2.75) is 35.4 Å². The molecule has 0 aromatic carbocycles. The van der Waals surface area contributed by atoms with E-state index in [1.54, 1.807) is 5.51 Å². The minimum absolute atomic E-state index is 0.0800. The standard InChI is InChI=1S/C8H11N3OS2/c1-5(7(12)10-6-2-3-6)14-8-11-9-4-13-8/h4-6H,2-3H2,1H3,(H,10,12)/t5-/m1/s1. The Morgan fingerprint density at radius 1 is 1.79 bits per heavy atom. The lowest BCUT2D eigenvalue weighted by Gasteiger charge is -2.08. The molecule has 1 aliphatic carbocycles. The molecule has 1 saturated carbocycles. The number of carbonyl (C=O) groups excluding carboxylic acids is 1. The van der Waals surface area contributed by atoms with E-state index in [0.717, 1.165) is 17.2 Å². The molecule has 1 aromatic rings. The molecule has 2 rings (SSSR count). The van der Waals surface area contributed by atoms with Crippen molar-refractivity contribution in [1.29, 1.82) is 0 Å². The Morgan fingerprint density at radius 3 is 3.14 bits per heavy atom. The van der Waals surface area contributed by atoms with Crippen LogP contribution in [0.15, 0.2) is 9.85 Å². The molecule has 4 nitrogen and oxygen atoms in total. The molecule has 6 heteroatoms. The highest BCUT2D eigenvalue weighted by molar-refractivity contribution is 8.02. The molecule has 1 N–H and O–H groups in total. The van der Waals surface area contributed by atoms with Crippen LogP contribution in [-0.4, -0.2) is 27.4 Å². The number of nitrogens with one attached hydrogen (secondary N) is 1. The predicted molar refractivity (Wildman–Crippen MR) is 56.4 cm³/mol. The average molecular weight is 229 g/mol. The van der Waals surface area contributed by atoms with Crippen LogP contribution < -0.4 is 5.32 Å². The molecule has 14 heavy (non-hydrogen) atoms. The van der Waals surface area contributed by atoms with Crippen molar-refractivity contribution < 1.29 is 4.79 Å². The van der Waals surface area contributed by atoms with Crippen molar-refractivity contribution in [3.8, 4) is 0 Å². The maximum Gasteiger partial charge on any atom is 0.233 e. The van der Waals surface area contributed by atoms with E-state index in [2.05, 4.69) is 15.5 Å². The van der Waals surface area contributed by atoms with Gasteiger partial charge in [-0.25, -0.2) is 0 Å². The summed E-state index contributed by atoms with van der Waals surface area (Å²) in [4.78, 5) is 11.5. The summed E-state index contributed by atoms with van der Waals surface area (Å²) in [5.41, 5.74) is 1.67. The zero-order valence-corrected chi connectivity index (χ0v) is 9.40.